The van der Waals surface area contributed by atoms with Crippen LogP contribution in [0, 0.1) is 0 Å². The zero-order valence-corrected chi connectivity index (χ0v) is 6.67. The fraction of sp³-hybridized carbons (Fsp3) is 0.600. The number of hydrogen-bond donors (Lipinski definition) is 3. The molecule has 0 fully saturated rings. The van der Waals surface area contributed by atoms with Gasteiger partial charge < -0.3 is 15.9 Å². The van der Waals surface area contributed by atoms with Crippen molar-refractivity contribution in [3.05, 3.63) is 0 Å². The van der Waals surface area contributed by atoms with Crippen molar-refractivity contribution in [2.75, 3.05) is 6.26 Å². The molecule has 0 saturated carbocycles. The van der Waals surface area contributed by atoms with Crippen LogP contribution >= 0.6 is 11.8 Å². The van der Waals surface area contributed by atoms with Crippen LogP contribution in [0.25, 0.3) is 0 Å². The van der Waals surface area contributed by atoms with E-state index in [1.165, 1.54) is 6.26 Å². The minimum atomic E-state index is -1.34. The topological polar surface area (TPSA) is 101 Å². The number of thioether (sulfide) groups is 1. The normalized spacial score (nSPS) is 15.5. The molecule has 0 aromatic heterocycles. The summed E-state index contributed by atoms with van der Waals surface area (Å²) < 4.78 is 0. The highest BCUT2D eigenvalue weighted by molar-refractivity contribution is 8.00. The van der Waals surface area contributed by atoms with Gasteiger partial charge in [-0.1, -0.05) is 0 Å². The molecular formula is C5H9NO4S. The van der Waals surface area contributed by atoms with Crippen molar-refractivity contribution in [3.63, 3.8) is 0 Å². The van der Waals surface area contributed by atoms with Crippen LogP contribution in [0.5, 0.6) is 0 Å². The van der Waals surface area contributed by atoms with Gasteiger partial charge in [-0.05, 0) is 6.26 Å². The van der Waals surface area contributed by atoms with Crippen LogP contribution in [-0.2, 0) is 9.59 Å². The summed E-state index contributed by atoms with van der Waals surface area (Å²) in [5.74, 6) is -2.50. The Bertz CT molecular complexity index is 172. The van der Waals surface area contributed by atoms with E-state index < -0.39 is 23.2 Å². The van der Waals surface area contributed by atoms with E-state index in [2.05, 4.69) is 0 Å². The maximum absolute atomic E-state index is 10.3. The monoisotopic (exact) mass is 179 g/mol. The summed E-state index contributed by atoms with van der Waals surface area (Å²) in [6.45, 7) is 0. The summed E-state index contributed by atoms with van der Waals surface area (Å²) in [6, 6.07) is -1.34. The highest BCUT2D eigenvalue weighted by atomic mass is 32.2. The van der Waals surface area contributed by atoms with Crippen molar-refractivity contribution >= 4 is 23.7 Å². The molecule has 4 N–H and O–H groups in total. The molecule has 5 nitrogen and oxygen atoms in total. The lowest BCUT2D eigenvalue weighted by Gasteiger charge is -2.12. The second kappa shape index (κ2) is 4.20. The third-order valence-corrected chi connectivity index (χ3v) is 2.11. The van der Waals surface area contributed by atoms with Crippen molar-refractivity contribution in [1.82, 2.24) is 0 Å². The van der Waals surface area contributed by atoms with E-state index in [0.717, 1.165) is 11.8 Å². The molecule has 64 valence electrons. The molecule has 0 aromatic rings. The van der Waals surface area contributed by atoms with Crippen LogP contribution in [0.1, 0.15) is 0 Å². The first-order valence-corrected chi connectivity index (χ1v) is 4.03. The lowest BCUT2D eigenvalue weighted by molar-refractivity contribution is -0.144. The molecule has 0 amide bonds. The number of rotatable bonds is 4. The van der Waals surface area contributed by atoms with Gasteiger partial charge in [-0.25, -0.2) is 0 Å². The van der Waals surface area contributed by atoms with Gasteiger partial charge >= 0.3 is 11.9 Å². The van der Waals surface area contributed by atoms with E-state index in [4.69, 9.17) is 15.9 Å². The van der Waals surface area contributed by atoms with Crippen LogP contribution in [0.3, 0.4) is 0 Å². The first kappa shape index (κ1) is 10.2. The number of carboxylic acid groups (broad SMARTS) is 2. The third-order valence-electron chi connectivity index (χ3n) is 1.11. The van der Waals surface area contributed by atoms with Crippen molar-refractivity contribution in [1.29, 1.82) is 0 Å². The molecule has 0 radical (unpaired) electrons. The Hall–Kier alpha value is -0.750. The van der Waals surface area contributed by atoms with Gasteiger partial charge in [0.05, 0.1) is 0 Å². The summed E-state index contributed by atoms with van der Waals surface area (Å²) >= 11 is 0.909. The van der Waals surface area contributed by atoms with Gasteiger partial charge in [0.2, 0.25) is 0 Å². The van der Waals surface area contributed by atoms with Gasteiger partial charge in [0, 0.05) is 0 Å². The fourth-order valence-electron chi connectivity index (χ4n) is 0.531. The predicted molar refractivity (Wildman–Crippen MR) is 40.5 cm³/mol. The number of carbonyl (C=O) groups is 2. The number of hydrogen-bond acceptors (Lipinski definition) is 4. The van der Waals surface area contributed by atoms with E-state index in [1.807, 2.05) is 0 Å². The number of carboxylic acids is 2. The van der Waals surface area contributed by atoms with Crippen LogP contribution in [0.4, 0.5) is 0 Å². The van der Waals surface area contributed by atoms with Gasteiger partial charge in [-0.3, -0.25) is 9.59 Å². The minimum absolute atomic E-state index is 0.909. The first-order chi connectivity index (χ1) is 5.00. The minimum Gasteiger partial charge on any atom is -0.480 e. The summed E-state index contributed by atoms with van der Waals surface area (Å²) in [5.41, 5.74) is 5.07. The van der Waals surface area contributed by atoms with Crippen LogP contribution < -0.4 is 5.73 Å². The molecule has 0 aromatic carbocycles. The van der Waals surface area contributed by atoms with E-state index in [0.29, 0.717) is 0 Å². The van der Waals surface area contributed by atoms with Gasteiger partial charge in [0.25, 0.3) is 0 Å². The Balaban J connectivity index is 4.25. The van der Waals surface area contributed by atoms with Crippen molar-refractivity contribution in [3.8, 4) is 0 Å². The molecule has 0 rings (SSSR count). The Morgan fingerprint density at radius 1 is 1.36 bits per heavy atom. The molecule has 0 aliphatic rings. The van der Waals surface area contributed by atoms with Crippen LogP contribution in [0.2, 0.25) is 0 Å². The van der Waals surface area contributed by atoms with E-state index in [-0.39, 0.29) is 0 Å². The second-order valence-corrected chi connectivity index (χ2v) is 2.84. The molecule has 6 heteroatoms. The van der Waals surface area contributed by atoms with Crippen LogP contribution in [-0.4, -0.2) is 39.7 Å². The average Bonchev–Trinajstić information content (AvgIpc) is 1.88. The van der Waals surface area contributed by atoms with Gasteiger partial charge in [0.15, 0.2) is 0 Å². The zero-order chi connectivity index (χ0) is 9.02. The fourth-order valence-corrected chi connectivity index (χ4v) is 1.14. The molecule has 0 aliphatic heterocycles. The average molecular weight is 179 g/mol. The molecule has 11 heavy (non-hydrogen) atoms. The molecule has 0 aliphatic carbocycles. The molecule has 0 bridgehead atoms. The Morgan fingerprint density at radius 3 is 1.91 bits per heavy atom. The predicted octanol–water partition coefficient (Wildman–Crippen LogP) is -0.785. The molecule has 0 saturated heterocycles. The van der Waals surface area contributed by atoms with E-state index in [1.54, 1.807) is 0 Å². The highest BCUT2D eigenvalue weighted by Crippen LogP contribution is 2.09. The molecular weight excluding hydrogens is 170 g/mol. The van der Waals surface area contributed by atoms with Gasteiger partial charge in [-0.15, -0.1) is 11.8 Å². The van der Waals surface area contributed by atoms with Crippen molar-refractivity contribution < 1.29 is 19.8 Å². The lowest BCUT2D eigenvalue weighted by Crippen LogP contribution is -2.44. The van der Waals surface area contributed by atoms with Gasteiger partial charge in [-0.2, -0.15) is 0 Å². The largest absolute Gasteiger partial charge is 0.480 e. The SMILES string of the molecule is CSC(C(=O)O)[C@@H](N)C(=O)O. The smallest absolute Gasteiger partial charge is 0.322 e. The summed E-state index contributed by atoms with van der Waals surface area (Å²) in [5, 5.41) is 15.7. The maximum atomic E-state index is 10.3. The van der Waals surface area contributed by atoms with Crippen molar-refractivity contribution in [2.45, 2.75) is 11.3 Å². The van der Waals surface area contributed by atoms with Crippen molar-refractivity contribution in [2.24, 2.45) is 5.73 Å². The Labute approximate surface area is 67.6 Å². The highest BCUT2D eigenvalue weighted by Gasteiger charge is 2.29. The molecule has 1 unspecified atom stereocenters. The zero-order valence-electron chi connectivity index (χ0n) is 5.85. The lowest BCUT2D eigenvalue weighted by atomic mass is 10.2. The van der Waals surface area contributed by atoms with E-state index >= 15 is 0 Å². The Kier molecular flexibility index (Phi) is 3.91. The van der Waals surface area contributed by atoms with Gasteiger partial charge in [0.1, 0.15) is 11.3 Å². The maximum Gasteiger partial charge on any atom is 0.322 e. The molecule has 0 heterocycles. The number of aliphatic carboxylic acids is 2. The van der Waals surface area contributed by atoms with Crippen LogP contribution in [0.15, 0.2) is 0 Å². The standard InChI is InChI=1S/C5H9NO4S/c1-11-3(5(9)10)2(6)4(7)8/h2-3H,6H2,1H3,(H,7,8)(H,9,10)/t2-,3?/m1/s1. The Morgan fingerprint density at radius 2 is 1.82 bits per heavy atom. The number of nitrogens with two attached hydrogens (primary N) is 1. The quantitative estimate of drug-likeness (QED) is 0.523. The molecule has 2 atom stereocenters. The summed E-state index contributed by atoms with van der Waals surface area (Å²) in [7, 11) is 0. The summed E-state index contributed by atoms with van der Waals surface area (Å²) in [6.07, 6.45) is 1.50. The molecule has 0 spiro atoms. The first-order valence-electron chi connectivity index (χ1n) is 2.74. The third kappa shape index (κ3) is 2.77. The summed E-state index contributed by atoms with van der Waals surface area (Å²) in [4.78, 5) is 20.5. The van der Waals surface area contributed by atoms with E-state index in [9.17, 15) is 9.59 Å². The second-order valence-electron chi connectivity index (χ2n) is 1.86.